The average molecular weight is 418 g/mol. The third-order valence-corrected chi connectivity index (χ3v) is 7.02. The predicted molar refractivity (Wildman–Crippen MR) is 119 cm³/mol. The van der Waals surface area contributed by atoms with Crippen LogP contribution in [-0.2, 0) is 16.8 Å². The third kappa shape index (κ3) is 3.38. The maximum Gasteiger partial charge on any atom is 0.142 e. The van der Waals surface area contributed by atoms with E-state index < -0.39 is 9.71 Å². The van der Waals surface area contributed by atoms with Gasteiger partial charge in [-0.25, -0.2) is 14.3 Å². The van der Waals surface area contributed by atoms with Gasteiger partial charge in [-0.2, -0.15) is 0 Å². The number of hydrogen-bond donors (Lipinski definition) is 0. The highest BCUT2D eigenvalue weighted by Gasteiger charge is 2.28. The van der Waals surface area contributed by atoms with Crippen LogP contribution in [0, 0.1) is 0 Å². The number of nitrogens with zero attached hydrogens (tertiary/aromatic N) is 5. The Labute approximate surface area is 170 Å². The molecule has 3 heterocycles. The minimum Gasteiger partial charge on any atom is -0.351 e. The largest absolute Gasteiger partial charge is 0.351 e. The molecule has 1 aliphatic heterocycles. The number of aryl methyl sites for hydroxylation is 1. The van der Waals surface area contributed by atoms with Crippen LogP contribution >= 0.6 is 11.6 Å². The molecule has 148 valence electrons. The molecule has 4 rings (SSSR count). The van der Waals surface area contributed by atoms with Gasteiger partial charge in [-0.3, -0.25) is 4.21 Å². The minimum atomic E-state index is -2.19. The lowest BCUT2D eigenvalue weighted by Crippen LogP contribution is -2.53. The Balaban J connectivity index is 1.71. The number of piperazine rings is 1. The first-order valence-corrected chi connectivity index (χ1v) is 11.6. The van der Waals surface area contributed by atoms with Gasteiger partial charge in [-0.1, -0.05) is 23.7 Å². The summed E-state index contributed by atoms with van der Waals surface area (Å²) in [4.78, 5) is 11.6. The molecule has 1 unspecified atom stereocenters. The first-order valence-electron chi connectivity index (χ1n) is 9.17. The summed E-state index contributed by atoms with van der Waals surface area (Å²) in [6, 6.07) is 10.2. The quantitative estimate of drug-likeness (QED) is 0.614. The van der Waals surface area contributed by atoms with Crippen LogP contribution in [0.4, 0.5) is 5.82 Å². The monoisotopic (exact) mass is 417 g/mol. The lowest BCUT2D eigenvalue weighted by molar-refractivity contribution is 0.359. The number of anilines is 1. The normalized spacial score (nSPS) is 20.4. The van der Waals surface area contributed by atoms with Crippen molar-refractivity contribution in [2.45, 2.75) is 13.0 Å². The second-order valence-electron chi connectivity index (χ2n) is 7.40. The number of fused-ring (bicyclic) bond motifs is 1. The molecule has 2 atom stereocenters. The number of aromatic nitrogens is 3. The van der Waals surface area contributed by atoms with E-state index in [2.05, 4.69) is 27.2 Å². The molecule has 3 aromatic rings. The molecule has 0 N–H and O–H groups in total. The Morgan fingerprint density at radius 2 is 2.04 bits per heavy atom. The molecule has 28 heavy (non-hydrogen) atoms. The van der Waals surface area contributed by atoms with Crippen LogP contribution in [0.5, 0.6) is 0 Å². The summed E-state index contributed by atoms with van der Waals surface area (Å²) in [7, 11) is -0.196. The fourth-order valence-corrected chi connectivity index (χ4v) is 4.94. The van der Waals surface area contributed by atoms with Gasteiger partial charge in [0.25, 0.3) is 0 Å². The summed E-state index contributed by atoms with van der Waals surface area (Å²) in [6.45, 7) is 4.22. The molecular formula is C20H24ClN5OS. The standard InChI is InChI=1S/C20H24ClN5OS/c1-14-13-25(28(3,4)27)9-10-26(14)19-11-15(16(21)12-22-19)20-23-17-7-5-6-8-18(17)24(20)2/h5-8,11-12,14H,3,9-10,13H2,1-2,4H3/t14-,28?/m1/s1. The van der Waals surface area contributed by atoms with Crippen LogP contribution in [0.15, 0.2) is 36.5 Å². The molecule has 8 heteroatoms. The lowest BCUT2D eigenvalue weighted by atomic mass is 10.2. The van der Waals surface area contributed by atoms with E-state index in [1.54, 1.807) is 12.5 Å². The molecule has 0 radical (unpaired) electrons. The van der Waals surface area contributed by atoms with Gasteiger partial charge in [0.05, 0.1) is 16.1 Å². The van der Waals surface area contributed by atoms with Crippen molar-refractivity contribution in [1.82, 2.24) is 18.8 Å². The molecular weight excluding hydrogens is 394 g/mol. The summed E-state index contributed by atoms with van der Waals surface area (Å²) < 4.78 is 16.3. The third-order valence-electron chi connectivity index (χ3n) is 5.30. The number of pyridine rings is 1. The van der Waals surface area contributed by atoms with Crippen molar-refractivity contribution in [3.63, 3.8) is 0 Å². The van der Waals surface area contributed by atoms with Crippen LogP contribution < -0.4 is 4.90 Å². The van der Waals surface area contributed by atoms with Gasteiger partial charge in [-0.15, -0.1) is 0 Å². The van der Waals surface area contributed by atoms with E-state index in [1.165, 1.54) is 0 Å². The van der Waals surface area contributed by atoms with E-state index in [1.807, 2.05) is 41.7 Å². The SMILES string of the molecule is C=S(C)(=O)N1CCN(c2cc(-c3nc4ccccc4n3C)c(Cl)cn2)[C@H](C)C1. The number of rotatable bonds is 3. The summed E-state index contributed by atoms with van der Waals surface area (Å²) in [5.74, 6) is 5.48. The highest BCUT2D eigenvalue weighted by molar-refractivity contribution is 7.97. The van der Waals surface area contributed by atoms with Gasteiger partial charge in [-0.05, 0) is 31.0 Å². The highest BCUT2D eigenvalue weighted by Crippen LogP contribution is 2.32. The Bertz CT molecular complexity index is 1140. The predicted octanol–water partition coefficient (Wildman–Crippen LogP) is 3.06. The molecule has 1 aliphatic rings. The van der Waals surface area contributed by atoms with E-state index in [4.69, 9.17) is 16.6 Å². The van der Waals surface area contributed by atoms with Crippen molar-refractivity contribution >= 4 is 44.0 Å². The van der Waals surface area contributed by atoms with Crippen LogP contribution in [0.2, 0.25) is 5.02 Å². The second kappa shape index (κ2) is 7.06. The van der Waals surface area contributed by atoms with Gasteiger partial charge in [0, 0.05) is 60.4 Å². The maximum atomic E-state index is 12.3. The summed E-state index contributed by atoms with van der Waals surface area (Å²) in [5.41, 5.74) is 2.85. The number of halogens is 1. The van der Waals surface area contributed by atoms with E-state index in [0.29, 0.717) is 18.1 Å². The van der Waals surface area contributed by atoms with E-state index >= 15 is 0 Å². The van der Waals surface area contributed by atoms with Crippen molar-refractivity contribution < 1.29 is 4.21 Å². The Morgan fingerprint density at radius 3 is 2.71 bits per heavy atom. The minimum absolute atomic E-state index is 0.165. The van der Waals surface area contributed by atoms with Crippen LogP contribution in [-0.4, -0.2) is 60.9 Å². The van der Waals surface area contributed by atoms with Gasteiger partial charge >= 0.3 is 0 Å². The number of hydrogen-bond acceptors (Lipinski definition) is 4. The smallest absolute Gasteiger partial charge is 0.142 e. The zero-order valence-corrected chi connectivity index (χ0v) is 17.9. The zero-order chi connectivity index (χ0) is 20.1. The van der Waals surface area contributed by atoms with Gasteiger partial charge in [0.15, 0.2) is 0 Å². The molecule has 2 aromatic heterocycles. The number of benzene rings is 1. The molecule has 0 saturated carbocycles. The molecule has 0 bridgehead atoms. The van der Waals surface area contributed by atoms with Crippen molar-refractivity contribution in [3.8, 4) is 11.4 Å². The number of para-hydroxylation sites is 2. The van der Waals surface area contributed by atoms with Crippen molar-refractivity contribution in [3.05, 3.63) is 41.6 Å². The van der Waals surface area contributed by atoms with Gasteiger partial charge < -0.3 is 9.47 Å². The van der Waals surface area contributed by atoms with Crippen LogP contribution in [0.1, 0.15) is 6.92 Å². The molecule has 0 amide bonds. The summed E-state index contributed by atoms with van der Waals surface area (Å²) >= 11 is 6.50. The first-order chi connectivity index (χ1) is 13.3. The Morgan fingerprint density at radius 1 is 1.29 bits per heavy atom. The zero-order valence-electron chi connectivity index (χ0n) is 16.3. The summed E-state index contributed by atoms with van der Waals surface area (Å²) in [6.07, 6.45) is 3.38. The Kier molecular flexibility index (Phi) is 4.85. The van der Waals surface area contributed by atoms with Crippen molar-refractivity contribution in [1.29, 1.82) is 0 Å². The molecule has 1 fully saturated rings. The molecule has 1 saturated heterocycles. The van der Waals surface area contributed by atoms with Gasteiger partial charge in [0.2, 0.25) is 0 Å². The Hall–Kier alpha value is -2.09. The number of imidazole rings is 1. The summed E-state index contributed by atoms with van der Waals surface area (Å²) in [5, 5.41) is 0.572. The lowest BCUT2D eigenvalue weighted by Gasteiger charge is -2.41. The second-order valence-corrected chi connectivity index (χ2v) is 10.2. The average Bonchev–Trinajstić information content (AvgIpc) is 2.98. The molecule has 0 aliphatic carbocycles. The fourth-order valence-electron chi connectivity index (χ4n) is 3.76. The van der Waals surface area contributed by atoms with E-state index in [9.17, 15) is 4.21 Å². The fraction of sp³-hybridized carbons (Fsp3) is 0.350. The molecule has 1 aromatic carbocycles. The maximum absolute atomic E-state index is 12.3. The molecule has 6 nitrogen and oxygen atoms in total. The van der Waals surface area contributed by atoms with Gasteiger partial charge in [0.1, 0.15) is 11.6 Å². The topological polar surface area (TPSA) is 54.3 Å². The van der Waals surface area contributed by atoms with Crippen LogP contribution in [0.25, 0.3) is 22.4 Å². The van der Waals surface area contributed by atoms with Crippen molar-refractivity contribution in [2.24, 2.45) is 7.05 Å². The van der Waals surface area contributed by atoms with Crippen LogP contribution in [0.3, 0.4) is 0 Å². The highest BCUT2D eigenvalue weighted by atomic mass is 35.5. The van der Waals surface area contributed by atoms with Crippen molar-refractivity contribution in [2.75, 3.05) is 30.8 Å². The molecule has 0 spiro atoms. The van der Waals surface area contributed by atoms with E-state index in [0.717, 1.165) is 34.8 Å². The van der Waals surface area contributed by atoms with E-state index in [-0.39, 0.29) is 6.04 Å². The first kappa shape index (κ1) is 19.2.